The molecular weight excluding hydrogens is 276 g/mol. The zero-order valence-electron chi connectivity index (χ0n) is 12.7. The van der Waals surface area contributed by atoms with Gasteiger partial charge in [-0.15, -0.1) is 6.42 Å². The van der Waals surface area contributed by atoms with E-state index in [1.54, 1.807) is 0 Å². The molecule has 0 saturated heterocycles. The van der Waals surface area contributed by atoms with E-state index < -0.39 is 0 Å². The van der Waals surface area contributed by atoms with Crippen LogP contribution in [-0.2, 0) is 11.3 Å². The summed E-state index contributed by atoms with van der Waals surface area (Å²) in [5.74, 6) is 3.79. The third-order valence-electron chi connectivity index (χ3n) is 2.95. The lowest BCUT2D eigenvalue weighted by atomic mass is 10.2. The SMILES string of the molecule is C#Cc1ccc(NCC)nc1OCCOCc1ccccc1. The van der Waals surface area contributed by atoms with Crippen molar-refractivity contribution >= 4 is 5.82 Å². The number of terminal acetylenes is 1. The summed E-state index contributed by atoms with van der Waals surface area (Å²) in [6, 6.07) is 13.7. The molecule has 0 fully saturated rings. The normalized spacial score (nSPS) is 10.0. The van der Waals surface area contributed by atoms with Crippen molar-refractivity contribution in [3.8, 4) is 18.2 Å². The summed E-state index contributed by atoms with van der Waals surface area (Å²) in [5, 5.41) is 3.13. The Hall–Kier alpha value is -2.51. The fraction of sp³-hybridized carbons (Fsp3) is 0.278. The summed E-state index contributed by atoms with van der Waals surface area (Å²) < 4.78 is 11.2. The molecule has 1 aromatic carbocycles. The summed E-state index contributed by atoms with van der Waals surface area (Å²) in [6.45, 7) is 4.25. The van der Waals surface area contributed by atoms with E-state index in [2.05, 4.69) is 16.2 Å². The average Bonchev–Trinajstić information content (AvgIpc) is 2.56. The summed E-state index contributed by atoms with van der Waals surface area (Å²) in [5.41, 5.74) is 1.78. The summed E-state index contributed by atoms with van der Waals surface area (Å²) >= 11 is 0. The fourth-order valence-electron chi connectivity index (χ4n) is 1.90. The minimum atomic E-state index is 0.407. The minimum Gasteiger partial charge on any atom is -0.474 e. The maximum absolute atomic E-state index is 5.63. The molecule has 0 aliphatic heterocycles. The molecule has 4 heteroatoms. The number of rotatable bonds is 8. The van der Waals surface area contributed by atoms with Gasteiger partial charge in [-0.3, -0.25) is 0 Å². The lowest BCUT2D eigenvalue weighted by molar-refractivity contribution is 0.0874. The standard InChI is InChI=1S/C18H20N2O2/c1-3-16-10-11-17(19-4-2)20-18(16)22-13-12-21-14-15-8-6-5-7-9-15/h1,5-11H,4,12-14H2,2H3,(H,19,20). The number of nitrogens with zero attached hydrogens (tertiary/aromatic N) is 1. The minimum absolute atomic E-state index is 0.407. The lowest BCUT2D eigenvalue weighted by Crippen LogP contribution is -2.09. The number of nitrogens with one attached hydrogen (secondary N) is 1. The fourth-order valence-corrected chi connectivity index (χ4v) is 1.90. The number of hydrogen-bond donors (Lipinski definition) is 1. The van der Waals surface area contributed by atoms with Crippen LogP contribution < -0.4 is 10.1 Å². The van der Waals surface area contributed by atoms with Gasteiger partial charge < -0.3 is 14.8 Å². The van der Waals surface area contributed by atoms with Gasteiger partial charge in [-0.05, 0) is 24.6 Å². The first-order valence-electron chi connectivity index (χ1n) is 7.29. The number of anilines is 1. The summed E-state index contributed by atoms with van der Waals surface area (Å²) in [4.78, 5) is 4.36. The van der Waals surface area contributed by atoms with E-state index in [1.165, 1.54) is 0 Å². The van der Waals surface area contributed by atoms with Crippen LogP contribution in [0.15, 0.2) is 42.5 Å². The molecule has 0 saturated carbocycles. The van der Waals surface area contributed by atoms with Crippen molar-refractivity contribution in [2.24, 2.45) is 0 Å². The van der Waals surface area contributed by atoms with Gasteiger partial charge in [0.1, 0.15) is 12.4 Å². The van der Waals surface area contributed by atoms with Gasteiger partial charge in [-0.25, -0.2) is 0 Å². The van der Waals surface area contributed by atoms with Crippen LogP contribution in [0.3, 0.4) is 0 Å². The van der Waals surface area contributed by atoms with Gasteiger partial charge in [-0.1, -0.05) is 36.3 Å². The van der Waals surface area contributed by atoms with Gasteiger partial charge in [0.25, 0.3) is 0 Å². The second-order valence-corrected chi connectivity index (χ2v) is 4.61. The molecule has 0 spiro atoms. The predicted octanol–water partition coefficient (Wildman–Crippen LogP) is 3.09. The van der Waals surface area contributed by atoms with E-state index in [-0.39, 0.29) is 0 Å². The van der Waals surface area contributed by atoms with E-state index in [1.807, 2.05) is 49.4 Å². The molecule has 114 valence electrons. The second-order valence-electron chi connectivity index (χ2n) is 4.61. The van der Waals surface area contributed by atoms with Crippen molar-refractivity contribution in [3.63, 3.8) is 0 Å². The second kappa shape index (κ2) is 8.71. The lowest BCUT2D eigenvalue weighted by Gasteiger charge is -2.10. The van der Waals surface area contributed by atoms with Crippen molar-refractivity contribution in [2.45, 2.75) is 13.5 Å². The van der Waals surface area contributed by atoms with Gasteiger partial charge in [0.2, 0.25) is 5.88 Å². The van der Waals surface area contributed by atoms with Crippen molar-refractivity contribution in [1.82, 2.24) is 4.98 Å². The molecule has 0 aliphatic carbocycles. The molecule has 0 atom stereocenters. The van der Waals surface area contributed by atoms with Crippen molar-refractivity contribution in [3.05, 3.63) is 53.6 Å². The predicted molar refractivity (Wildman–Crippen MR) is 87.9 cm³/mol. The van der Waals surface area contributed by atoms with Gasteiger partial charge in [0.15, 0.2) is 0 Å². The highest BCUT2D eigenvalue weighted by molar-refractivity contribution is 5.47. The molecule has 1 heterocycles. The van der Waals surface area contributed by atoms with Crippen LogP contribution in [0.25, 0.3) is 0 Å². The monoisotopic (exact) mass is 296 g/mol. The molecule has 0 amide bonds. The van der Waals surface area contributed by atoms with Crippen LogP contribution in [0, 0.1) is 12.3 Å². The van der Waals surface area contributed by atoms with Crippen LogP contribution in [0.1, 0.15) is 18.1 Å². The molecule has 0 radical (unpaired) electrons. The van der Waals surface area contributed by atoms with Gasteiger partial charge in [0, 0.05) is 6.54 Å². The van der Waals surface area contributed by atoms with E-state index in [9.17, 15) is 0 Å². The smallest absolute Gasteiger partial charge is 0.231 e. The van der Waals surface area contributed by atoms with E-state index in [4.69, 9.17) is 15.9 Å². The molecule has 1 aromatic heterocycles. The van der Waals surface area contributed by atoms with Gasteiger partial charge >= 0.3 is 0 Å². The molecule has 1 N–H and O–H groups in total. The maximum atomic E-state index is 5.63. The Morgan fingerprint density at radius 3 is 2.68 bits per heavy atom. The van der Waals surface area contributed by atoms with E-state index in [0.29, 0.717) is 31.3 Å². The van der Waals surface area contributed by atoms with Crippen molar-refractivity contribution in [2.75, 3.05) is 25.1 Å². The first-order chi connectivity index (χ1) is 10.8. The zero-order chi connectivity index (χ0) is 15.6. The molecule has 0 bridgehead atoms. The highest BCUT2D eigenvalue weighted by atomic mass is 16.5. The molecule has 0 unspecified atom stereocenters. The van der Waals surface area contributed by atoms with Crippen LogP contribution in [0.2, 0.25) is 0 Å². The third kappa shape index (κ3) is 4.80. The number of hydrogen-bond acceptors (Lipinski definition) is 4. The molecule has 0 aliphatic rings. The Kier molecular flexibility index (Phi) is 6.28. The highest BCUT2D eigenvalue weighted by Gasteiger charge is 2.05. The topological polar surface area (TPSA) is 43.4 Å². The van der Waals surface area contributed by atoms with Crippen LogP contribution in [-0.4, -0.2) is 24.7 Å². The van der Waals surface area contributed by atoms with Crippen LogP contribution in [0.4, 0.5) is 5.82 Å². The molecule has 2 aromatic rings. The first-order valence-corrected chi connectivity index (χ1v) is 7.29. The highest BCUT2D eigenvalue weighted by Crippen LogP contribution is 2.17. The Bertz CT molecular complexity index is 621. The number of ether oxygens (including phenoxy) is 2. The molecular formula is C18H20N2O2. The number of benzene rings is 1. The van der Waals surface area contributed by atoms with E-state index in [0.717, 1.165) is 17.9 Å². The van der Waals surface area contributed by atoms with Crippen LogP contribution >= 0.6 is 0 Å². The van der Waals surface area contributed by atoms with Crippen molar-refractivity contribution in [1.29, 1.82) is 0 Å². The van der Waals surface area contributed by atoms with Gasteiger partial charge in [0.05, 0.1) is 18.8 Å². The zero-order valence-corrected chi connectivity index (χ0v) is 12.7. The molecule has 2 rings (SSSR count). The quantitative estimate of drug-likeness (QED) is 0.600. The number of aromatic nitrogens is 1. The maximum Gasteiger partial charge on any atom is 0.231 e. The Morgan fingerprint density at radius 1 is 1.14 bits per heavy atom. The Labute approximate surface area is 131 Å². The molecule has 22 heavy (non-hydrogen) atoms. The van der Waals surface area contributed by atoms with E-state index >= 15 is 0 Å². The summed E-state index contributed by atoms with van der Waals surface area (Å²) in [6.07, 6.45) is 5.46. The largest absolute Gasteiger partial charge is 0.474 e. The Balaban J connectivity index is 1.81. The van der Waals surface area contributed by atoms with Gasteiger partial charge in [-0.2, -0.15) is 4.98 Å². The number of pyridine rings is 1. The third-order valence-corrected chi connectivity index (χ3v) is 2.95. The first kappa shape index (κ1) is 15.9. The van der Waals surface area contributed by atoms with Crippen molar-refractivity contribution < 1.29 is 9.47 Å². The van der Waals surface area contributed by atoms with Crippen LogP contribution in [0.5, 0.6) is 5.88 Å². The Morgan fingerprint density at radius 2 is 1.95 bits per heavy atom. The molecule has 4 nitrogen and oxygen atoms in total. The summed E-state index contributed by atoms with van der Waals surface area (Å²) in [7, 11) is 0. The average molecular weight is 296 g/mol.